The Hall–Kier alpha value is -2.14. The van der Waals surface area contributed by atoms with Crippen LogP contribution in [-0.2, 0) is 17.9 Å². The minimum atomic E-state index is -0.240. The van der Waals surface area contributed by atoms with Gasteiger partial charge in [-0.05, 0) is 35.8 Å². The van der Waals surface area contributed by atoms with Gasteiger partial charge in [0.25, 0.3) is 5.91 Å². The van der Waals surface area contributed by atoms with Crippen LogP contribution >= 0.6 is 12.2 Å². The molecule has 0 bridgehead atoms. The van der Waals surface area contributed by atoms with Gasteiger partial charge >= 0.3 is 0 Å². The van der Waals surface area contributed by atoms with Crippen molar-refractivity contribution in [1.29, 1.82) is 0 Å². The van der Waals surface area contributed by atoms with Crippen LogP contribution in [0.4, 0.5) is 0 Å². The number of amides is 1. The molecule has 2 aromatic rings. The zero-order valence-corrected chi connectivity index (χ0v) is 14.1. The van der Waals surface area contributed by atoms with Crippen molar-refractivity contribution in [1.82, 2.24) is 9.80 Å². The monoisotopic (exact) mass is 328 g/mol. The number of thiocarbonyl (C=S) groups is 1. The van der Waals surface area contributed by atoms with Crippen LogP contribution in [0.1, 0.15) is 25.2 Å². The van der Waals surface area contributed by atoms with E-state index in [2.05, 4.69) is 0 Å². The number of hydrogen-bond donors (Lipinski definition) is 0. The van der Waals surface area contributed by atoms with E-state index in [-0.39, 0.29) is 17.9 Å². The van der Waals surface area contributed by atoms with Crippen LogP contribution in [0.2, 0.25) is 0 Å². The molecule has 4 nitrogen and oxygen atoms in total. The van der Waals surface area contributed by atoms with E-state index in [9.17, 15) is 4.79 Å². The van der Waals surface area contributed by atoms with E-state index in [0.717, 1.165) is 11.3 Å². The van der Waals surface area contributed by atoms with Gasteiger partial charge in [0.05, 0.1) is 19.4 Å². The van der Waals surface area contributed by atoms with E-state index in [4.69, 9.17) is 16.6 Å². The number of furan rings is 1. The quantitative estimate of drug-likeness (QED) is 0.788. The predicted octanol–water partition coefficient (Wildman–Crippen LogP) is 3.43. The maximum Gasteiger partial charge on any atom is 0.252 e. The van der Waals surface area contributed by atoms with Gasteiger partial charge < -0.3 is 9.32 Å². The third-order valence-corrected chi connectivity index (χ3v) is 4.51. The molecule has 0 unspecified atom stereocenters. The van der Waals surface area contributed by atoms with Crippen LogP contribution in [0.15, 0.2) is 53.1 Å². The molecule has 1 amide bonds. The van der Waals surface area contributed by atoms with Crippen LogP contribution in [0.3, 0.4) is 0 Å². The standard InChI is InChI=1S/C18H20N2O2S/c1-13(2)16-17(21)20(11-14-7-4-3-5-8-14)18(23)19(16)12-15-9-6-10-22-15/h3-10,13,16H,11-12H2,1-2H3/t16-/m0/s1. The molecule has 1 saturated heterocycles. The molecule has 1 aromatic heterocycles. The van der Waals surface area contributed by atoms with Gasteiger partial charge in [0.2, 0.25) is 0 Å². The highest BCUT2D eigenvalue weighted by atomic mass is 32.1. The van der Waals surface area contributed by atoms with Crippen molar-refractivity contribution in [3.63, 3.8) is 0 Å². The lowest BCUT2D eigenvalue weighted by Crippen LogP contribution is -2.38. The summed E-state index contributed by atoms with van der Waals surface area (Å²) in [5, 5.41) is 0.578. The van der Waals surface area contributed by atoms with Crippen LogP contribution in [0, 0.1) is 5.92 Å². The minimum absolute atomic E-state index is 0.0698. The molecule has 1 atom stereocenters. The van der Waals surface area contributed by atoms with E-state index in [1.54, 1.807) is 11.2 Å². The van der Waals surface area contributed by atoms with E-state index in [1.807, 2.05) is 61.2 Å². The largest absolute Gasteiger partial charge is 0.467 e. The number of nitrogens with zero attached hydrogens (tertiary/aromatic N) is 2. The summed E-state index contributed by atoms with van der Waals surface area (Å²) >= 11 is 5.60. The van der Waals surface area contributed by atoms with Crippen molar-refractivity contribution in [2.24, 2.45) is 5.92 Å². The number of benzene rings is 1. The van der Waals surface area contributed by atoms with Gasteiger partial charge in [0.15, 0.2) is 5.11 Å². The Bertz CT molecular complexity index is 682. The fraction of sp³-hybridized carbons (Fsp3) is 0.333. The second-order valence-electron chi connectivity index (χ2n) is 6.09. The van der Waals surface area contributed by atoms with Gasteiger partial charge in [-0.25, -0.2) is 0 Å². The molecular formula is C18H20N2O2S. The molecule has 1 aliphatic heterocycles. The summed E-state index contributed by atoms with van der Waals surface area (Å²) in [6, 6.07) is 13.4. The van der Waals surface area contributed by atoms with Crippen LogP contribution in [0.5, 0.6) is 0 Å². The van der Waals surface area contributed by atoms with Gasteiger partial charge in [-0.1, -0.05) is 44.2 Å². The van der Waals surface area contributed by atoms with E-state index >= 15 is 0 Å². The first-order chi connectivity index (χ1) is 11.1. The van der Waals surface area contributed by atoms with Gasteiger partial charge in [0, 0.05) is 0 Å². The molecule has 0 N–H and O–H groups in total. The number of carbonyl (C=O) groups is 1. The highest BCUT2D eigenvalue weighted by Crippen LogP contribution is 2.27. The first kappa shape index (κ1) is 15.7. The highest BCUT2D eigenvalue weighted by Gasteiger charge is 2.43. The zero-order valence-electron chi connectivity index (χ0n) is 13.3. The Morgan fingerprint density at radius 1 is 1.13 bits per heavy atom. The maximum atomic E-state index is 12.9. The smallest absolute Gasteiger partial charge is 0.252 e. The molecule has 1 aliphatic rings. The molecule has 5 heteroatoms. The Morgan fingerprint density at radius 2 is 1.87 bits per heavy atom. The van der Waals surface area contributed by atoms with Crippen LogP contribution in [0.25, 0.3) is 0 Å². The molecular weight excluding hydrogens is 308 g/mol. The van der Waals surface area contributed by atoms with Gasteiger partial charge in [-0.3, -0.25) is 9.69 Å². The van der Waals surface area contributed by atoms with Crippen molar-refractivity contribution in [3.05, 3.63) is 60.1 Å². The summed E-state index contributed by atoms with van der Waals surface area (Å²) in [5.74, 6) is 1.06. The molecule has 1 aromatic carbocycles. The molecule has 0 radical (unpaired) electrons. The summed E-state index contributed by atoms with van der Waals surface area (Å²) in [5.41, 5.74) is 1.07. The molecule has 0 saturated carbocycles. The molecule has 2 heterocycles. The number of carbonyl (C=O) groups excluding carboxylic acids is 1. The fourth-order valence-corrected chi connectivity index (χ4v) is 3.29. The first-order valence-electron chi connectivity index (χ1n) is 7.76. The predicted molar refractivity (Wildman–Crippen MR) is 92.5 cm³/mol. The molecule has 23 heavy (non-hydrogen) atoms. The molecule has 0 spiro atoms. The van der Waals surface area contributed by atoms with Crippen LogP contribution < -0.4 is 0 Å². The zero-order chi connectivity index (χ0) is 16.4. The van der Waals surface area contributed by atoms with E-state index in [1.165, 1.54) is 0 Å². The molecule has 1 fully saturated rings. The Balaban J connectivity index is 1.84. The van der Waals surface area contributed by atoms with Crippen LogP contribution in [-0.4, -0.2) is 26.9 Å². The van der Waals surface area contributed by atoms with Gasteiger partial charge in [-0.2, -0.15) is 0 Å². The minimum Gasteiger partial charge on any atom is -0.467 e. The molecule has 3 rings (SSSR count). The van der Waals surface area contributed by atoms with Crippen molar-refractivity contribution >= 4 is 23.2 Å². The summed E-state index contributed by atoms with van der Waals surface area (Å²) in [6.07, 6.45) is 1.64. The summed E-state index contributed by atoms with van der Waals surface area (Å²) in [6.45, 7) is 5.13. The summed E-state index contributed by atoms with van der Waals surface area (Å²) in [7, 11) is 0. The van der Waals surface area contributed by atoms with Gasteiger partial charge in [0.1, 0.15) is 11.8 Å². The molecule has 120 valence electrons. The van der Waals surface area contributed by atoms with Crippen molar-refractivity contribution in [2.45, 2.75) is 33.0 Å². The highest BCUT2D eigenvalue weighted by molar-refractivity contribution is 7.80. The topological polar surface area (TPSA) is 36.7 Å². The number of hydrogen-bond acceptors (Lipinski definition) is 3. The van der Waals surface area contributed by atoms with Crippen molar-refractivity contribution in [3.8, 4) is 0 Å². The fourth-order valence-electron chi connectivity index (χ4n) is 2.95. The third kappa shape index (κ3) is 3.15. The Kier molecular flexibility index (Phi) is 4.48. The lowest BCUT2D eigenvalue weighted by molar-refractivity contribution is -0.129. The second kappa shape index (κ2) is 6.54. The summed E-state index contributed by atoms with van der Waals surface area (Å²) in [4.78, 5) is 16.5. The maximum absolute atomic E-state index is 12.9. The average Bonchev–Trinajstić information content (AvgIpc) is 3.11. The molecule has 0 aliphatic carbocycles. The second-order valence-corrected chi connectivity index (χ2v) is 6.45. The SMILES string of the molecule is CC(C)[C@H]1C(=O)N(Cc2ccccc2)C(=S)N1Cc1ccco1. The van der Waals surface area contributed by atoms with E-state index in [0.29, 0.717) is 18.2 Å². The lowest BCUT2D eigenvalue weighted by atomic mass is 10.0. The first-order valence-corrected chi connectivity index (χ1v) is 8.17. The van der Waals surface area contributed by atoms with Crippen molar-refractivity contribution < 1.29 is 9.21 Å². The lowest BCUT2D eigenvalue weighted by Gasteiger charge is -2.25. The van der Waals surface area contributed by atoms with Crippen molar-refractivity contribution in [2.75, 3.05) is 0 Å². The number of rotatable bonds is 5. The third-order valence-electron chi connectivity index (χ3n) is 4.05. The Labute approximate surface area is 141 Å². The summed E-state index contributed by atoms with van der Waals surface area (Å²) < 4.78 is 5.43. The van der Waals surface area contributed by atoms with E-state index < -0.39 is 0 Å². The Morgan fingerprint density at radius 3 is 2.48 bits per heavy atom. The normalized spacial score (nSPS) is 18.3. The van der Waals surface area contributed by atoms with Gasteiger partial charge in [-0.15, -0.1) is 0 Å². The average molecular weight is 328 g/mol.